The molecule has 0 aromatic heterocycles. The zero-order chi connectivity index (χ0) is 13.9. The number of nitrogens with zero attached hydrogens (tertiary/aromatic N) is 2. The highest BCUT2D eigenvalue weighted by Crippen LogP contribution is 2.26. The van der Waals surface area contributed by atoms with Crippen LogP contribution < -0.4 is 4.90 Å². The van der Waals surface area contributed by atoms with Crippen LogP contribution in [0.3, 0.4) is 0 Å². The predicted octanol–water partition coefficient (Wildman–Crippen LogP) is 2.19. The lowest BCUT2D eigenvalue weighted by Crippen LogP contribution is -2.55. The molecule has 0 bridgehead atoms. The molecule has 0 N–H and O–H groups in total. The molecule has 2 aliphatic rings. The summed E-state index contributed by atoms with van der Waals surface area (Å²) in [7, 11) is 0. The van der Waals surface area contributed by atoms with Gasteiger partial charge in [-0.3, -0.25) is 14.5 Å². The molecule has 2 amide bonds. The normalized spacial score (nSPS) is 25.0. The number of likely N-dealkylation sites (tertiary alicyclic amines) is 1. The van der Waals surface area contributed by atoms with Crippen molar-refractivity contribution in [2.45, 2.75) is 38.1 Å². The van der Waals surface area contributed by atoms with Crippen molar-refractivity contribution in [3.05, 3.63) is 30.3 Å². The minimum atomic E-state index is -0.117. The molecular formula is C16H20N2O2. The van der Waals surface area contributed by atoms with E-state index in [4.69, 9.17) is 0 Å². The van der Waals surface area contributed by atoms with E-state index in [1.165, 1.54) is 11.3 Å². The molecule has 4 heteroatoms. The molecule has 20 heavy (non-hydrogen) atoms. The minimum absolute atomic E-state index is 0.0469. The van der Waals surface area contributed by atoms with Crippen LogP contribution in [-0.4, -0.2) is 35.8 Å². The Balaban J connectivity index is 1.82. The van der Waals surface area contributed by atoms with Crippen LogP contribution >= 0.6 is 0 Å². The average molecular weight is 272 g/mol. The summed E-state index contributed by atoms with van der Waals surface area (Å²) in [6, 6.07) is 9.15. The predicted molar refractivity (Wildman–Crippen MR) is 77.4 cm³/mol. The fourth-order valence-corrected chi connectivity index (χ4v) is 3.18. The van der Waals surface area contributed by atoms with Crippen molar-refractivity contribution >= 4 is 17.5 Å². The molecule has 1 atom stereocenters. The molecule has 2 fully saturated rings. The van der Waals surface area contributed by atoms with Gasteiger partial charge in [-0.1, -0.05) is 24.6 Å². The molecular weight excluding hydrogens is 252 g/mol. The van der Waals surface area contributed by atoms with Gasteiger partial charge in [0.15, 0.2) is 0 Å². The molecule has 0 saturated carbocycles. The van der Waals surface area contributed by atoms with E-state index in [0.29, 0.717) is 18.5 Å². The van der Waals surface area contributed by atoms with Crippen LogP contribution in [0.15, 0.2) is 30.3 Å². The van der Waals surface area contributed by atoms with Gasteiger partial charge in [-0.2, -0.15) is 0 Å². The molecule has 106 valence electrons. The van der Waals surface area contributed by atoms with Crippen LogP contribution in [0.1, 0.15) is 32.1 Å². The summed E-state index contributed by atoms with van der Waals surface area (Å²) in [5.74, 6) is -0.121. The van der Waals surface area contributed by atoms with E-state index in [2.05, 4.69) is 4.90 Å². The van der Waals surface area contributed by atoms with Gasteiger partial charge in [0, 0.05) is 6.42 Å². The summed E-state index contributed by atoms with van der Waals surface area (Å²) >= 11 is 0. The van der Waals surface area contributed by atoms with Gasteiger partial charge >= 0.3 is 0 Å². The largest absolute Gasteiger partial charge is 0.292 e. The number of carbonyl (C=O) groups excluding carboxylic acids is 2. The molecule has 3 rings (SSSR count). The van der Waals surface area contributed by atoms with Crippen molar-refractivity contribution in [2.75, 3.05) is 18.0 Å². The number of para-hydroxylation sites is 1. The fourth-order valence-electron chi connectivity index (χ4n) is 3.18. The van der Waals surface area contributed by atoms with Crippen LogP contribution in [0.4, 0.5) is 5.69 Å². The summed E-state index contributed by atoms with van der Waals surface area (Å²) in [6.07, 6.45) is 4.69. The average Bonchev–Trinajstić information content (AvgIpc) is 2.49. The van der Waals surface area contributed by atoms with Gasteiger partial charge in [0.2, 0.25) is 5.91 Å². The van der Waals surface area contributed by atoms with Crippen LogP contribution in [0.5, 0.6) is 0 Å². The zero-order valence-corrected chi connectivity index (χ0v) is 11.6. The van der Waals surface area contributed by atoms with E-state index < -0.39 is 0 Å². The maximum atomic E-state index is 12.7. The van der Waals surface area contributed by atoms with Gasteiger partial charge in [0.05, 0.1) is 11.7 Å². The van der Waals surface area contributed by atoms with E-state index >= 15 is 0 Å². The summed E-state index contributed by atoms with van der Waals surface area (Å²) in [5, 5.41) is 0. The topological polar surface area (TPSA) is 40.6 Å². The Morgan fingerprint density at radius 2 is 1.65 bits per heavy atom. The smallest absolute Gasteiger partial charge is 0.251 e. The Morgan fingerprint density at radius 3 is 2.35 bits per heavy atom. The third-order valence-electron chi connectivity index (χ3n) is 4.23. The van der Waals surface area contributed by atoms with Crippen LogP contribution in [0.2, 0.25) is 0 Å². The molecule has 1 aromatic rings. The first-order valence-corrected chi connectivity index (χ1v) is 7.43. The second-order valence-corrected chi connectivity index (χ2v) is 5.55. The van der Waals surface area contributed by atoms with Crippen molar-refractivity contribution < 1.29 is 9.59 Å². The van der Waals surface area contributed by atoms with E-state index in [1.807, 2.05) is 30.3 Å². The second kappa shape index (κ2) is 5.75. The number of benzene rings is 1. The molecule has 4 nitrogen and oxygen atoms in total. The number of rotatable bonds is 2. The lowest BCUT2D eigenvalue weighted by molar-refractivity contribution is -0.133. The monoisotopic (exact) mass is 272 g/mol. The summed E-state index contributed by atoms with van der Waals surface area (Å²) in [6.45, 7) is 1.96. The SMILES string of the molecule is O=C1CCC(N2CCCCC2)C(=O)N1c1ccccc1. The van der Waals surface area contributed by atoms with E-state index in [0.717, 1.165) is 25.9 Å². The summed E-state index contributed by atoms with van der Waals surface area (Å²) < 4.78 is 0. The number of piperidine rings is 2. The third kappa shape index (κ3) is 2.48. The quantitative estimate of drug-likeness (QED) is 0.775. The molecule has 1 aromatic carbocycles. The van der Waals surface area contributed by atoms with Crippen LogP contribution in [-0.2, 0) is 9.59 Å². The molecule has 1 unspecified atom stereocenters. The molecule has 0 aliphatic carbocycles. The number of anilines is 1. The van der Waals surface area contributed by atoms with Crippen LogP contribution in [0, 0.1) is 0 Å². The molecule has 0 spiro atoms. The fraction of sp³-hybridized carbons (Fsp3) is 0.500. The Morgan fingerprint density at radius 1 is 0.950 bits per heavy atom. The molecule has 2 heterocycles. The Hall–Kier alpha value is -1.68. The minimum Gasteiger partial charge on any atom is -0.292 e. The number of hydrogen-bond donors (Lipinski definition) is 0. The maximum absolute atomic E-state index is 12.7. The molecule has 2 saturated heterocycles. The highest BCUT2D eigenvalue weighted by atomic mass is 16.2. The first-order chi connectivity index (χ1) is 9.77. The zero-order valence-electron chi connectivity index (χ0n) is 11.6. The van der Waals surface area contributed by atoms with Crippen molar-refractivity contribution in [3.63, 3.8) is 0 Å². The number of imide groups is 1. The van der Waals surface area contributed by atoms with Gasteiger partial charge in [-0.25, -0.2) is 4.90 Å². The maximum Gasteiger partial charge on any atom is 0.251 e. The first kappa shape index (κ1) is 13.3. The lowest BCUT2D eigenvalue weighted by Gasteiger charge is -2.39. The second-order valence-electron chi connectivity index (χ2n) is 5.55. The van der Waals surface area contributed by atoms with Crippen molar-refractivity contribution in [2.24, 2.45) is 0 Å². The van der Waals surface area contributed by atoms with E-state index in [-0.39, 0.29) is 17.9 Å². The third-order valence-corrected chi connectivity index (χ3v) is 4.23. The van der Waals surface area contributed by atoms with Gasteiger partial charge < -0.3 is 0 Å². The van der Waals surface area contributed by atoms with E-state index in [9.17, 15) is 9.59 Å². The number of hydrogen-bond acceptors (Lipinski definition) is 3. The van der Waals surface area contributed by atoms with E-state index in [1.54, 1.807) is 0 Å². The van der Waals surface area contributed by atoms with Gasteiger partial charge in [-0.05, 0) is 44.5 Å². The lowest BCUT2D eigenvalue weighted by atomic mass is 9.99. The number of carbonyl (C=O) groups is 2. The Bertz CT molecular complexity index is 494. The van der Waals surface area contributed by atoms with Crippen molar-refractivity contribution in [3.8, 4) is 0 Å². The highest BCUT2D eigenvalue weighted by Gasteiger charge is 2.38. The summed E-state index contributed by atoms with van der Waals surface area (Å²) in [4.78, 5) is 28.5. The number of amides is 2. The van der Waals surface area contributed by atoms with Gasteiger partial charge in [0.1, 0.15) is 0 Å². The Labute approximate surface area is 119 Å². The standard InChI is InChI=1S/C16H20N2O2/c19-15-10-9-14(17-11-5-2-6-12-17)16(20)18(15)13-7-3-1-4-8-13/h1,3-4,7-8,14H,2,5-6,9-12H2. The molecule has 0 radical (unpaired) electrons. The Kier molecular flexibility index (Phi) is 3.83. The summed E-state index contributed by atoms with van der Waals surface area (Å²) in [5.41, 5.74) is 0.698. The van der Waals surface area contributed by atoms with Crippen molar-refractivity contribution in [1.29, 1.82) is 0 Å². The van der Waals surface area contributed by atoms with Gasteiger partial charge in [0.25, 0.3) is 5.91 Å². The van der Waals surface area contributed by atoms with Crippen molar-refractivity contribution in [1.82, 2.24) is 4.90 Å². The van der Waals surface area contributed by atoms with Crippen LogP contribution in [0.25, 0.3) is 0 Å². The van der Waals surface area contributed by atoms with Gasteiger partial charge in [-0.15, -0.1) is 0 Å². The first-order valence-electron chi connectivity index (χ1n) is 7.43. The molecule has 2 aliphatic heterocycles. The highest BCUT2D eigenvalue weighted by molar-refractivity contribution is 6.18.